The Morgan fingerprint density at radius 1 is 1.38 bits per heavy atom. The van der Waals surface area contributed by atoms with E-state index in [0.717, 1.165) is 16.7 Å². The summed E-state index contributed by atoms with van der Waals surface area (Å²) in [4.78, 5) is 0. The van der Waals surface area contributed by atoms with Crippen molar-refractivity contribution in [3.05, 3.63) is 52.3 Å². The predicted octanol–water partition coefficient (Wildman–Crippen LogP) is 2.46. The van der Waals surface area contributed by atoms with Crippen molar-refractivity contribution in [3.8, 4) is 0 Å². The number of rotatable bonds is 2. The van der Waals surface area contributed by atoms with E-state index < -0.39 is 6.10 Å². The SMILES string of the molecule is Cc1ccc(C(O)c2cnn(C)c2)cc1Cl. The lowest BCUT2D eigenvalue weighted by Gasteiger charge is -2.10. The van der Waals surface area contributed by atoms with Gasteiger partial charge in [-0.2, -0.15) is 5.10 Å². The molecule has 1 aromatic heterocycles. The molecule has 0 aliphatic carbocycles. The minimum atomic E-state index is -0.674. The zero-order valence-corrected chi connectivity index (χ0v) is 9.94. The lowest BCUT2D eigenvalue weighted by atomic mass is 10.0. The second-order valence-electron chi connectivity index (χ2n) is 3.86. The fourth-order valence-corrected chi connectivity index (χ4v) is 1.74. The molecule has 0 aliphatic rings. The molecule has 0 saturated heterocycles. The maximum absolute atomic E-state index is 10.1. The molecule has 0 radical (unpaired) electrons. The molecule has 0 spiro atoms. The number of hydrogen-bond donors (Lipinski definition) is 1. The highest BCUT2D eigenvalue weighted by molar-refractivity contribution is 6.31. The van der Waals surface area contributed by atoms with Crippen molar-refractivity contribution in [2.75, 3.05) is 0 Å². The number of nitrogens with zero attached hydrogens (tertiary/aromatic N) is 2. The average Bonchev–Trinajstić information content (AvgIpc) is 2.68. The number of aryl methyl sites for hydroxylation is 2. The van der Waals surface area contributed by atoms with Gasteiger partial charge in [0, 0.05) is 23.8 Å². The molecule has 84 valence electrons. The van der Waals surface area contributed by atoms with Crippen LogP contribution in [-0.2, 0) is 7.05 Å². The van der Waals surface area contributed by atoms with Gasteiger partial charge in [0.15, 0.2) is 0 Å². The standard InChI is InChI=1S/C12H13ClN2O/c1-8-3-4-9(5-11(8)13)12(16)10-6-14-15(2)7-10/h3-7,12,16H,1-2H3. The van der Waals surface area contributed by atoms with Crippen LogP contribution in [0.5, 0.6) is 0 Å². The van der Waals surface area contributed by atoms with Crippen LogP contribution in [0.25, 0.3) is 0 Å². The lowest BCUT2D eigenvalue weighted by molar-refractivity contribution is 0.220. The Balaban J connectivity index is 2.33. The van der Waals surface area contributed by atoms with Crippen LogP contribution in [0.15, 0.2) is 30.6 Å². The van der Waals surface area contributed by atoms with Crippen LogP contribution in [0.4, 0.5) is 0 Å². The van der Waals surface area contributed by atoms with Crippen molar-refractivity contribution in [1.29, 1.82) is 0 Å². The summed E-state index contributed by atoms with van der Waals surface area (Å²) in [6.45, 7) is 1.93. The van der Waals surface area contributed by atoms with Crippen LogP contribution in [0.2, 0.25) is 5.02 Å². The molecule has 1 N–H and O–H groups in total. The zero-order valence-electron chi connectivity index (χ0n) is 9.18. The van der Waals surface area contributed by atoms with Gasteiger partial charge in [0.05, 0.1) is 6.20 Å². The van der Waals surface area contributed by atoms with E-state index in [4.69, 9.17) is 11.6 Å². The van der Waals surface area contributed by atoms with Gasteiger partial charge in [0.1, 0.15) is 6.10 Å². The molecular weight excluding hydrogens is 224 g/mol. The summed E-state index contributed by atoms with van der Waals surface area (Å²) in [5.74, 6) is 0. The topological polar surface area (TPSA) is 38.1 Å². The number of hydrogen-bond acceptors (Lipinski definition) is 2. The summed E-state index contributed by atoms with van der Waals surface area (Å²) in [7, 11) is 1.82. The van der Waals surface area contributed by atoms with Crippen molar-refractivity contribution < 1.29 is 5.11 Å². The van der Waals surface area contributed by atoms with Gasteiger partial charge in [0.2, 0.25) is 0 Å². The number of halogens is 1. The highest BCUT2D eigenvalue weighted by atomic mass is 35.5. The minimum Gasteiger partial charge on any atom is -0.384 e. The van der Waals surface area contributed by atoms with Gasteiger partial charge in [-0.1, -0.05) is 23.7 Å². The Kier molecular flexibility index (Phi) is 2.99. The van der Waals surface area contributed by atoms with E-state index >= 15 is 0 Å². The molecule has 1 atom stereocenters. The molecule has 4 heteroatoms. The van der Waals surface area contributed by atoms with E-state index in [1.165, 1.54) is 0 Å². The van der Waals surface area contributed by atoms with Crippen LogP contribution in [0, 0.1) is 6.92 Å². The molecule has 1 unspecified atom stereocenters. The second kappa shape index (κ2) is 4.28. The van der Waals surface area contributed by atoms with Crippen LogP contribution in [0.1, 0.15) is 22.8 Å². The molecular formula is C12H13ClN2O. The molecule has 1 heterocycles. The van der Waals surface area contributed by atoms with E-state index in [-0.39, 0.29) is 0 Å². The third kappa shape index (κ3) is 2.10. The van der Waals surface area contributed by atoms with E-state index in [0.29, 0.717) is 5.02 Å². The highest BCUT2D eigenvalue weighted by Crippen LogP contribution is 2.25. The maximum atomic E-state index is 10.1. The summed E-state index contributed by atoms with van der Waals surface area (Å²) in [6.07, 6.45) is 2.77. The summed E-state index contributed by atoms with van der Waals surface area (Å²) in [5, 5.41) is 14.8. The van der Waals surface area contributed by atoms with Crippen molar-refractivity contribution in [3.63, 3.8) is 0 Å². The van der Waals surface area contributed by atoms with E-state index in [1.807, 2.05) is 26.1 Å². The molecule has 0 aliphatic heterocycles. The smallest absolute Gasteiger partial charge is 0.107 e. The normalized spacial score (nSPS) is 12.8. The lowest BCUT2D eigenvalue weighted by Crippen LogP contribution is -1.98. The Morgan fingerprint density at radius 2 is 2.12 bits per heavy atom. The van der Waals surface area contributed by atoms with Gasteiger partial charge >= 0.3 is 0 Å². The molecule has 16 heavy (non-hydrogen) atoms. The van der Waals surface area contributed by atoms with Crippen LogP contribution >= 0.6 is 11.6 Å². The van der Waals surface area contributed by atoms with Crippen molar-refractivity contribution in [2.24, 2.45) is 7.05 Å². The summed E-state index contributed by atoms with van der Waals surface area (Å²) in [5.41, 5.74) is 2.55. The monoisotopic (exact) mass is 236 g/mol. The molecule has 1 aromatic carbocycles. The Labute approximate surface area is 99.3 Å². The van der Waals surface area contributed by atoms with Gasteiger partial charge in [-0.05, 0) is 24.1 Å². The van der Waals surface area contributed by atoms with Crippen LogP contribution < -0.4 is 0 Å². The van der Waals surface area contributed by atoms with Gasteiger partial charge in [-0.15, -0.1) is 0 Å². The fraction of sp³-hybridized carbons (Fsp3) is 0.250. The maximum Gasteiger partial charge on any atom is 0.107 e. The molecule has 3 nitrogen and oxygen atoms in total. The van der Waals surface area contributed by atoms with Gasteiger partial charge in [0.25, 0.3) is 0 Å². The van der Waals surface area contributed by atoms with Gasteiger partial charge < -0.3 is 5.11 Å². The van der Waals surface area contributed by atoms with E-state index in [2.05, 4.69) is 5.10 Å². The first-order chi connectivity index (χ1) is 7.58. The number of benzene rings is 1. The summed E-state index contributed by atoms with van der Waals surface area (Å²) < 4.78 is 1.66. The Morgan fingerprint density at radius 3 is 2.69 bits per heavy atom. The first-order valence-electron chi connectivity index (χ1n) is 5.00. The van der Waals surface area contributed by atoms with Gasteiger partial charge in [-0.25, -0.2) is 0 Å². The van der Waals surface area contributed by atoms with Gasteiger partial charge in [-0.3, -0.25) is 4.68 Å². The quantitative estimate of drug-likeness (QED) is 0.870. The van der Waals surface area contributed by atoms with E-state index in [1.54, 1.807) is 23.1 Å². The third-order valence-electron chi connectivity index (χ3n) is 2.55. The highest BCUT2D eigenvalue weighted by Gasteiger charge is 2.12. The van der Waals surface area contributed by atoms with Crippen LogP contribution in [0.3, 0.4) is 0 Å². The minimum absolute atomic E-state index is 0.667. The molecule has 2 rings (SSSR count). The predicted molar refractivity (Wildman–Crippen MR) is 63.5 cm³/mol. The molecule has 0 amide bonds. The van der Waals surface area contributed by atoms with E-state index in [9.17, 15) is 5.11 Å². The Hall–Kier alpha value is -1.32. The summed E-state index contributed by atoms with van der Waals surface area (Å²) in [6, 6.07) is 5.56. The fourth-order valence-electron chi connectivity index (χ4n) is 1.55. The summed E-state index contributed by atoms with van der Waals surface area (Å²) >= 11 is 6.02. The van der Waals surface area contributed by atoms with Crippen molar-refractivity contribution >= 4 is 11.6 Å². The molecule has 0 fully saturated rings. The van der Waals surface area contributed by atoms with Crippen molar-refractivity contribution in [1.82, 2.24) is 9.78 Å². The number of aliphatic hydroxyl groups is 1. The third-order valence-corrected chi connectivity index (χ3v) is 2.96. The van der Waals surface area contributed by atoms with Crippen molar-refractivity contribution in [2.45, 2.75) is 13.0 Å². The number of aromatic nitrogens is 2. The zero-order chi connectivity index (χ0) is 11.7. The Bertz CT molecular complexity index is 507. The molecule has 0 bridgehead atoms. The first kappa shape index (κ1) is 11.2. The van der Waals surface area contributed by atoms with Crippen LogP contribution in [-0.4, -0.2) is 14.9 Å². The molecule has 0 saturated carbocycles. The second-order valence-corrected chi connectivity index (χ2v) is 4.27. The average molecular weight is 237 g/mol. The number of aliphatic hydroxyl groups excluding tert-OH is 1. The molecule has 2 aromatic rings. The largest absolute Gasteiger partial charge is 0.384 e. The first-order valence-corrected chi connectivity index (χ1v) is 5.38.